The van der Waals surface area contributed by atoms with Gasteiger partial charge in [-0.25, -0.2) is 0 Å². The Morgan fingerprint density at radius 1 is 1.39 bits per heavy atom. The van der Waals surface area contributed by atoms with Crippen LogP contribution in [0.25, 0.3) is 0 Å². The summed E-state index contributed by atoms with van der Waals surface area (Å²) < 4.78 is 0. The molecule has 0 bridgehead atoms. The maximum Gasteiger partial charge on any atom is 0.222 e. The van der Waals surface area contributed by atoms with Gasteiger partial charge in [-0.05, 0) is 38.4 Å². The van der Waals surface area contributed by atoms with E-state index in [4.69, 9.17) is 0 Å². The molecule has 3 heteroatoms. The van der Waals surface area contributed by atoms with Crippen molar-refractivity contribution in [3.05, 3.63) is 35.4 Å². The van der Waals surface area contributed by atoms with Gasteiger partial charge in [-0.2, -0.15) is 0 Å². The summed E-state index contributed by atoms with van der Waals surface area (Å²) >= 11 is 0. The minimum Gasteiger partial charge on any atom is -0.359 e. The monoisotopic (exact) mass is 246 g/mol. The van der Waals surface area contributed by atoms with E-state index in [1.807, 2.05) is 0 Å². The topological polar surface area (TPSA) is 32.3 Å². The molecule has 0 spiro atoms. The van der Waals surface area contributed by atoms with Gasteiger partial charge < -0.3 is 5.32 Å². The molecule has 18 heavy (non-hydrogen) atoms. The van der Waals surface area contributed by atoms with E-state index in [0.29, 0.717) is 0 Å². The second kappa shape index (κ2) is 6.01. The van der Waals surface area contributed by atoms with E-state index in [0.717, 1.165) is 32.5 Å². The summed E-state index contributed by atoms with van der Waals surface area (Å²) in [6.45, 7) is 5.17. The van der Waals surface area contributed by atoms with Crippen LogP contribution in [0.5, 0.6) is 0 Å². The van der Waals surface area contributed by atoms with E-state index in [9.17, 15) is 4.79 Å². The zero-order valence-corrected chi connectivity index (χ0v) is 11.3. The van der Waals surface area contributed by atoms with Gasteiger partial charge in [0.1, 0.15) is 0 Å². The highest BCUT2D eigenvalue weighted by Gasteiger charge is 2.23. The average Bonchev–Trinajstić information content (AvgIpc) is 2.39. The van der Waals surface area contributed by atoms with Crippen LogP contribution in [0.3, 0.4) is 0 Å². The average molecular weight is 246 g/mol. The quantitative estimate of drug-likeness (QED) is 0.884. The first-order valence-electron chi connectivity index (χ1n) is 6.68. The molecule has 0 unspecified atom stereocenters. The maximum atomic E-state index is 11.5. The zero-order valence-electron chi connectivity index (χ0n) is 11.3. The van der Waals surface area contributed by atoms with E-state index in [1.165, 1.54) is 11.1 Å². The minimum absolute atomic E-state index is 0.199. The molecule has 98 valence electrons. The van der Waals surface area contributed by atoms with E-state index in [1.54, 1.807) is 7.05 Å². The molecule has 1 aliphatic rings. The second-order valence-electron chi connectivity index (χ2n) is 5.15. The number of rotatable bonds is 3. The summed E-state index contributed by atoms with van der Waals surface area (Å²) in [7, 11) is 1.72. The normalized spacial score (nSPS) is 17.7. The molecule has 2 rings (SSSR count). The molecule has 1 N–H and O–H groups in total. The molecular formula is C15H22N2O. The highest BCUT2D eigenvalue weighted by molar-refractivity contribution is 5.78. The Labute approximate surface area is 109 Å². The van der Waals surface area contributed by atoms with Crippen LogP contribution in [0.4, 0.5) is 0 Å². The summed E-state index contributed by atoms with van der Waals surface area (Å²) in [4.78, 5) is 14.0. The standard InChI is InChI=1S/C15H22N2O/c1-12-4-3-5-13(10-12)11-17-8-6-14(7-9-17)15(18)16-2/h3-5,10,14H,6-9,11H2,1-2H3,(H,16,18). The predicted molar refractivity (Wildman–Crippen MR) is 73.2 cm³/mol. The van der Waals surface area contributed by atoms with Gasteiger partial charge in [-0.15, -0.1) is 0 Å². The van der Waals surface area contributed by atoms with Crippen LogP contribution in [-0.2, 0) is 11.3 Å². The molecule has 1 aromatic carbocycles. The van der Waals surface area contributed by atoms with Crippen LogP contribution in [0.2, 0.25) is 0 Å². The van der Waals surface area contributed by atoms with Crippen LogP contribution in [0, 0.1) is 12.8 Å². The number of amides is 1. The Balaban J connectivity index is 1.85. The van der Waals surface area contributed by atoms with Crippen LogP contribution >= 0.6 is 0 Å². The van der Waals surface area contributed by atoms with E-state index in [-0.39, 0.29) is 11.8 Å². The van der Waals surface area contributed by atoms with Crippen LogP contribution in [0.15, 0.2) is 24.3 Å². The van der Waals surface area contributed by atoms with Crippen molar-refractivity contribution in [1.82, 2.24) is 10.2 Å². The zero-order chi connectivity index (χ0) is 13.0. The molecule has 0 saturated carbocycles. The van der Waals surface area contributed by atoms with Crippen molar-refractivity contribution in [2.75, 3.05) is 20.1 Å². The summed E-state index contributed by atoms with van der Waals surface area (Å²) in [6.07, 6.45) is 1.96. The summed E-state index contributed by atoms with van der Waals surface area (Å²) in [6, 6.07) is 8.66. The van der Waals surface area contributed by atoms with E-state index < -0.39 is 0 Å². The second-order valence-corrected chi connectivity index (χ2v) is 5.15. The Hall–Kier alpha value is -1.35. The molecule has 0 atom stereocenters. The number of hydrogen-bond donors (Lipinski definition) is 1. The number of carbonyl (C=O) groups excluding carboxylic acids is 1. The third-order valence-electron chi connectivity index (χ3n) is 3.69. The van der Waals surface area contributed by atoms with Crippen molar-refractivity contribution in [2.24, 2.45) is 5.92 Å². The molecule has 1 saturated heterocycles. The molecule has 0 radical (unpaired) electrons. The molecule has 1 aromatic rings. The summed E-state index contributed by atoms with van der Waals surface area (Å²) in [5.74, 6) is 0.411. The molecule has 3 nitrogen and oxygen atoms in total. The van der Waals surface area contributed by atoms with Crippen molar-refractivity contribution in [2.45, 2.75) is 26.3 Å². The van der Waals surface area contributed by atoms with Crippen LogP contribution in [0.1, 0.15) is 24.0 Å². The number of piperidine rings is 1. The van der Waals surface area contributed by atoms with Crippen molar-refractivity contribution in [1.29, 1.82) is 0 Å². The Morgan fingerprint density at radius 2 is 2.11 bits per heavy atom. The van der Waals surface area contributed by atoms with Crippen molar-refractivity contribution in [3.8, 4) is 0 Å². The third-order valence-corrected chi connectivity index (χ3v) is 3.69. The van der Waals surface area contributed by atoms with Crippen molar-refractivity contribution >= 4 is 5.91 Å². The number of hydrogen-bond acceptors (Lipinski definition) is 2. The molecule has 0 aliphatic carbocycles. The largest absolute Gasteiger partial charge is 0.359 e. The number of aryl methyl sites for hydroxylation is 1. The maximum absolute atomic E-state index is 11.5. The Kier molecular flexibility index (Phi) is 4.37. The summed E-state index contributed by atoms with van der Waals surface area (Å²) in [5.41, 5.74) is 2.68. The Morgan fingerprint density at radius 3 is 2.72 bits per heavy atom. The Bertz CT molecular complexity index is 409. The molecule has 1 heterocycles. The molecule has 1 aliphatic heterocycles. The van der Waals surface area contributed by atoms with Gasteiger partial charge in [0.05, 0.1) is 0 Å². The molecule has 1 fully saturated rings. The fraction of sp³-hybridized carbons (Fsp3) is 0.533. The first kappa shape index (κ1) is 13.1. The fourth-order valence-electron chi connectivity index (χ4n) is 2.63. The number of carbonyl (C=O) groups is 1. The predicted octanol–water partition coefficient (Wildman–Crippen LogP) is 1.95. The van der Waals surface area contributed by atoms with Gasteiger partial charge >= 0.3 is 0 Å². The SMILES string of the molecule is CNC(=O)C1CCN(Cc2cccc(C)c2)CC1. The first-order valence-corrected chi connectivity index (χ1v) is 6.68. The van der Waals surface area contributed by atoms with Gasteiger partial charge in [0.15, 0.2) is 0 Å². The van der Waals surface area contributed by atoms with E-state index >= 15 is 0 Å². The van der Waals surface area contributed by atoms with Crippen molar-refractivity contribution < 1.29 is 4.79 Å². The van der Waals surface area contributed by atoms with Gasteiger partial charge in [-0.1, -0.05) is 29.8 Å². The highest BCUT2D eigenvalue weighted by atomic mass is 16.1. The first-order chi connectivity index (χ1) is 8.69. The molecular weight excluding hydrogens is 224 g/mol. The highest BCUT2D eigenvalue weighted by Crippen LogP contribution is 2.19. The van der Waals surface area contributed by atoms with Crippen LogP contribution < -0.4 is 5.32 Å². The number of nitrogens with zero attached hydrogens (tertiary/aromatic N) is 1. The van der Waals surface area contributed by atoms with Crippen LogP contribution in [-0.4, -0.2) is 30.9 Å². The number of likely N-dealkylation sites (tertiary alicyclic amines) is 1. The smallest absolute Gasteiger partial charge is 0.222 e. The lowest BCUT2D eigenvalue weighted by Crippen LogP contribution is -2.39. The number of benzene rings is 1. The lowest BCUT2D eigenvalue weighted by atomic mass is 9.95. The minimum atomic E-state index is 0.199. The van der Waals surface area contributed by atoms with Gasteiger partial charge in [0.25, 0.3) is 0 Å². The third kappa shape index (κ3) is 3.33. The number of nitrogens with one attached hydrogen (secondary N) is 1. The van der Waals surface area contributed by atoms with E-state index in [2.05, 4.69) is 41.4 Å². The molecule has 1 amide bonds. The summed E-state index contributed by atoms with van der Waals surface area (Å²) in [5, 5.41) is 2.75. The van der Waals surface area contributed by atoms with Gasteiger partial charge in [0.2, 0.25) is 5.91 Å². The van der Waals surface area contributed by atoms with Gasteiger partial charge in [0, 0.05) is 19.5 Å². The van der Waals surface area contributed by atoms with Crippen molar-refractivity contribution in [3.63, 3.8) is 0 Å². The molecule has 0 aromatic heterocycles. The lowest BCUT2D eigenvalue weighted by molar-refractivity contribution is -0.125. The van der Waals surface area contributed by atoms with Gasteiger partial charge in [-0.3, -0.25) is 9.69 Å². The lowest BCUT2D eigenvalue weighted by Gasteiger charge is -2.31. The fourth-order valence-corrected chi connectivity index (χ4v) is 2.63.